The predicted octanol–water partition coefficient (Wildman–Crippen LogP) is 4.11. The van der Waals surface area contributed by atoms with Crippen LogP contribution < -0.4 is 5.32 Å². The molecule has 1 aliphatic carbocycles. The standard InChI is InChI=1S/C26H23N3O6/c30-24(29-14-9-10-22(29)19(11-14)25(31)32)21-12-23(35-28-21)27-26(33)34-13-20-17-7-3-1-5-15(17)16-6-2-4-8-18(16)20/h1-8,12,14,19-20,22H,9-11,13H2,(H,27,33)(H,31,32)/t14-,19+,22+/m1/s1. The third kappa shape index (κ3) is 3.54. The molecule has 2 fully saturated rings. The lowest BCUT2D eigenvalue weighted by Crippen LogP contribution is -2.38. The van der Waals surface area contributed by atoms with E-state index in [2.05, 4.69) is 22.6 Å². The van der Waals surface area contributed by atoms with Gasteiger partial charge in [0.05, 0.1) is 5.92 Å². The van der Waals surface area contributed by atoms with Crippen LogP contribution in [0.3, 0.4) is 0 Å². The Hall–Kier alpha value is -4.14. The van der Waals surface area contributed by atoms with Crippen LogP contribution in [0.2, 0.25) is 0 Å². The fourth-order valence-corrected chi connectivity index (χ4v) is 5.87. The van der Waals surface area contributed by atoms with Gasteiger partial charge in [0.1, 0.15) is 6.61 Å². The van der Waals surface area contributed by atoms with Crippen LogP contribution in [0.5, 0.6) is 0 Å². The van der Waals surface area contributed by atoms with Crippen LogP contribution in [-0.2, 0) is 9.53 Å². The van der Waals surface area contributed by atoms with Gasteiger partial charge in [0.15, 0.2) is 5.69 Å². The number of benzene rings is 2. The number of nitrogens with one attached hydrogen (secondary N) is 1. The van der Waals surface area contributed by atoms with E-state index in [1.807, 2.05) is 36.4 Å². The molecule has 2 amide bonds. The van der Waals surface area contributed by atoms with Gasteiger partial charge in [-0.2, -0.15) is 0 Å². The van der Waals surface area contributed by atoms with E-state index in [9.17, 15) is 19.5 Å². The van der Waals surface area contributed by atoms with E-state index in [0.29, 0.717) is 12.8 Å². The van der Waals surface area contributed by atoms with E-state index < -0.39 is 18.0 Å². The number of amides is 2. The third-order valence-electron chi connectivity index (χ3n) is 7.39. The number of ether oxygens (including phenoxy) is 1. The topological polar surface area (TPSA) is 122 Å². The summed E-state index contributed by atoms with van der Waals surface area (Å²) in [5, 5.41) is 15.7. The van der Waals surface area contributed by atoms with E-state index in [1.165, 1.54) is 6.07 Å². The van der Waals surface area contributed by atoms with E-state index in [-0.39, 0.29) is 42.1 Å². The molecule has 6 rings (SSSR count). The lowest BCUT2D eigenvalue weighted by Gasteiger charge is -2.21. The highest BCUT2D eigenvalue weighted by atomic mass is 16.6. The maximum absolute atomic E-state index is 13.0. The molecule has 35 heavy (non-hydrogen) atoms. The molecule has 178 valence electrons. The van der Waals surface area contributed by atoms with Gasteiger partial charge in [-0.3, -0.25) is 14.9 Å². The Morgan fingerprint density at radius 3 is 2.40 bits per heavy atom. The zero-order valence-corrected chi connectivity index (χ0v) is 18.7. The number of carbonyl (C=O) groups is 3. The lowest BCUT2D eigenvalue weighted by molar-refractivity contribution is -0.142. The first-order valence-electron chi connectivity index (χ1n) is 11.7. The molecular formula is C26H23N3O6. The molecule has 3 aromatic rings. The van der Waals surface area contributed by atoms with E-state index in [1.54, 1.807) is 4.90 Å². The summed E-state index contributed by atoms with van der Waals surface area (Å²) in [4.78, 5) is 38.5. The Balaban J connectivity index is 1.10. The monoisotopic (exact) mass is 473 g/mol. The van der Waals surface area contributed by atoms with E-state index in [0.717, 1.165) is 28.7 Å². The number of anilines is 1. The van der Waals surface area contributed by atoms with Crippen molar-refractivity contribution in [2.24, 2.45) is 5.92 Å². The summed E-state index contributed by atoms with van der Waals surface area (Å²) in [6, 6.07) is 17.0. The molecule has 0 radical (unpaired) electrons. The molecule has 2 bridgehead atoms. The average Bonchev–Trinajstić information content (AvgIpc) is 3.64. The van der Waals surface area contributed by atoms with Crippen molar-refractivity contribution in [3.05, 3.63) is 71.4 Å². The zero-order valence-electron chi connectivity index (χ0n) is 18.7. The normalized spacial score (nSPS) is 22.1. The van der Waals surface area contributed by atoms with Crippen LogP contribution in [0, 0.1) is 5.92 Å². The van der Waals surface area contributed by atoms with Crippen molar-refractivity contribution >= 4 is 23.9 Å². The largest absolute Gasteiger partial charge is 0.481 e. The second-order valence-electron chi connectivity index (χ2n) is 9.22. The number of carboxylic acid groups (broad SMARTS) is 1. The Kier molecular flexibility index (Phi) is 5.05. The summed E-state index contributed by atoms with van der Waals surface area (Å²) in [6.07, 6.45) is 1.18. The van der Waals surface area contributed by atoms with Gasteiger partial charge in [-0.1, -0.05) is 53.7 Å². The molecular weight excluding hydrogens is 450 g/mol. The van der Waals surface area contributed by atoms with Crippen LogP contribution >= 0.6 is 0 Å². The van der Waals surface area contributed by atoms with Gasteiger partial charge in [-0.25, -0.2) is 4.79 Å². The molecule has 2 aromatic carbocycles. The molecule has 3 heterocycles. The van der Waals surface area contributed by atoms with Crippen molar-refractivity contribution < 1.29 is 28.8 Å². The number of hydrogen-bond acceptors (Lipinski definition) is 6. The van der Waals surface area contributed by atoms with Crippen LogP contribution in [0.4, 0.5) is 10.7 Å². The number of rotatable bonds is 5. The number of fused-ring (bicyclic) bond motifs is 5. The number of aromatic nitrogens is 1. The molecule has 3 atom stereocenters. The average molecular weight is 473 g/mol. The quantitative estimate of drug-likeness (QED) is 0.572. The first kappa shape index (κ1) is 21.4. The predicted molar refractivity (Wildman–Crippen MR) is 124 cm³/mol. The number of aliphatic carboxylic acids is 1. The maximum Gasteiger partial charge on any atom is 0.414 e. The van der Waals surface area contributed by atoms with E-state index in [4.69, 9.17) is 9.26 Å². The highest BCUT2D eigenvalue weighted by molar-refractivity contribution is 5.95. The summed E-state index contributed by atoms with van der Waals surface area (Å²) in [5.74, 6) is -1.90. The van der Waals surface area contributed by atoms with Gasteiger partial charge in [-0.05, 0) is 41.5 Å². The van der Waals surface area contributed by atoms with Crippen molar-refractivity contribution in [1.82, 2.24) is 10.1 Å². The van der Waals surface area contributed by atoms with Crippen LogP contribution in [0.15, 0.2) is 59.1 Å². The number of carbonyl (C=O) groups excluding carboxylic acids is 2. The maximum atomic E-state index is 13.0. The Labute approximate surface area is 200 Å². The van der Waals surface area contributed by atoms with Crippen molar-refractivity contribution in [1.29, 1.82) is 0 Å². The first-order chi connectivity index (χ1) is 17.0. The number of hydrogen-bond donors (Lipinski definition) is 2. The summed E-state index contributed by atoms with van der Waals surface area (Å²) >= 11 is 0. The van der Waals surface area contributed by atoms with Crippen molar-refractivity contribution in [2.75, 3.05) is 11.9 Å². The number of nitrogens with zero attached hydrogens (tertiary/aromatic N) is 2. The van der Waals surface area contributed by atoms with Crippen LogP contribution in [-0.4, -0.2) is 51.8 Å². The van der Waals surface area contributed by atoms with E-state index >= 15 is 0 Å². The van der Waals surface area contributed by atoms with Crippen LogP contribution in [0.25, 0.3) is 11.1 Å². The van der Waals surface area contributed by atoms with Crippen LogP contribution in [0.1, 0.15) is 46.8 Å². The van der Waals surface area contributed by atoms with Gasteiger partial charge in [0.25, 0.3) is 5.91 Å². The van der Waals surface area contributed by atoms with Gasteiger partial charge in [0.2, 0.25) is 5.88 Å². The van der Waals surface area contributed by atoms with Crippen molar-refractivity contribution in [3.8, 4) is 11.1 Å². The summed E-state index contributed by atoms with van der Waals surface area (Å²) in [7, 11) is 0. The van der Waals surface area contributed by atoms with Gasteiger partial charge < -0.3 is 19.3 Å². The second-order valence-corrected chi connectivity index (χ2v) is 9.22. The Morgan fingerprint density at radius 1 is 1.06 bits per heavy atom. The fourth-order valence-electron chi connectivity index (χ4n) is 5.87. The van der Waals surface area contributed by atoms with Crippen molar-refractivity contribution in [3.63, 3.8) is 0 Å². The first-order valence-corrected chi connectivity index (χ1v) is 11.7. The summed E-state index contributed by atoms with van der Waals surface area (Å²) in [5.41, 5.74) is 4.51. The van der Waals surface area contributed by atoms with Gasteiger partial charge in [-0.15, -0.1) is 0 Å². The molecule has 2 N–H and O–H groups in total. The SMILES string of the molecule is O=C(Nc1cc(C(=O)N2[C@@H]3CC[C@H]2[C@@H](C(=O)O)C3)no1)OCC1c2ccccc2-c2ccccc21. The number of carboxylic acids is 1. The summed E-state index contributed by atoms with van der Waals surface area (Å²) in [6.45, 7) is 0.146. The minimum absolute atomic E-state index is 0.00750. The smallest absolute Gasteiger partial charge is 0.414 e. The summed E-state index contributed by atoms with van der Waals surface area (Å²) < 4.78 is 10.6. The molecule has 3 aliphatic rings. The van der Waals surface area contributed by atoms with Crippen molar-refractivity contribution in [2.45, 2.75) is 37.3 Å². The third-order valence-corrected chi connectivity index (χ3v) is 7.39. The molecule has 0 spiro atoms. The molecule has 2 aliphatic heterocycles. The van der Waals surface area contributed by atoms with Gasteiger partial charge in [0, 0.05) is 24.1 Å². The minimum Gasteiger partial charge on any atom is -0.481 e. The molecule has 0 saturated carbocycles. The Morgan fingerprint density at radius 2 is 1.74 bits per heavy atom. The molecule has 1 aromatic heterocycles. The molecule has 2 saturated heterocycles. The highest BCUT2D eigenvalue weighted by Crippen LogP contribution is 2.45. The lowest BCUT2D eigenvalue weighted by atomic mass is 9.89. The highest BCUT2D eigenvalue weighted by Gasteiger charge is 2.51. The Bertz CT molecular complexity index is 1290. The fraction of sp³-hybridized carbons (Fsp3) is 0.308. The molecule has 9 nitrogen and oxygen atoms in total. The molecule has 9 heteroatoms. The minimum atomic E-state index is -0.882. The zero-order chi connectivity index (χ0) is 24.1. The molecule has 0 unspecified atom stereocenters. The van der Waals surface area contributed by atoms with Gasteiger partial charge >= 0.3 is 12.1 Å². The second kappa shape index (κ2) is 8.26.